The molecule has 5 nitrogen and oxygen atoms in total. The second-order valence-electron chi connectivity index (χ2n) is 5.27. The van der Waals surface area contributed by atoms with Gasteiger partial charge in [-0.3, -0.25) is 4.90 Å². The van der Waals surface area contributed by atoms with Gasteiger partial charge >= 0.3 is 5.97 Å². The molecule has 1 saturated heterocycles. The summed E-state index contributed by atoms with van der Waals surface area (Å²) in [6.07, 6.45) is 0. The third kappa shape index (κ3) is 3.83. The van der Waals surface area contributed by atoms with Crippen molar-refractivity contribution >= 4 is 15.8 Å². The number of hydrogen-bond acceptors (Lipinski definition) is 5. The predicted molar refractivity (Wildman–Crippen MR) is 80.6 cm³/mol. The summed E-state index contributed by atoms with van der Waals surface area (Å²) >= 11 is 0. The van der Waals surface area contributed by atoms with Crippen LogP contribution in [0.25, 0.3) is 0 Å². The predicted octanol–water partition coefficient (Wildman–Crippen LogP) is 1.41. The maximum Gasteiger partial charge on any atom is 0.328 e. The Morgan fingerprint density at radius 2 is 2.05 bits per heavy atom. The number of sulfone groups is 1. The Labute approximate surface area is 125 Å². The SMILES string of the molecule is CCOC(=O)C(c1ccccc1)N1CCS(=O)(=O)CC1C. The van der Waals surface area contributed by atoms with Gasteiger partial charge in [0.05, 0.1) is 18.1 Å². The Morgan fingerprint density at radius 1 is 1.38 bits per heavy atom. The molecule has 2 unspecified atom stereocenters. The van der Waals surface area contributed by atoms with Crippen LogP contribution in [0.5, 0.6) is 0 Å². The van der Waals surface area contributed by atoms with Crippen LogP contribution in [0.1, 0.15) is 25.5 Å². The molecule has 2 atom stereocenters. The first-order valence-electron chi connectivity index (χ1n) is 7.12. The van der Waals surface area contributed by atoms with E-state index in [1.54, 1.807) is 6.92 Å². The van der Waals surface area contributed by atoms with Gasteiger partial charge in [-0.2, -0.15) is 0 Å². The second-order valence-corrected chi connectivity index (χ2v) is 7.50. The number of esters is 1. The quantitative estimate of drug-likeness (QED) is 0.787. The summed E-state index contributed by atoms with van der Waals surface area (Å²) < 4.78 is 28.6. The molecule has 0 aromatic heterocycles. The standard InChI is InChI=1S/C15H21NO4S/c1-3-20-15(17)14(13-7-5-4-6-8-13)16-9-10-21(18,19)11-12(16)2/h4-8,12,14H,3,9-11H2,1-2H3. The summed E-state index contributed by atoms with van der Waals surface area (Å²) in [6.45, 7) is 4.26. The molecule has 21 heavy (non-hydrogen) atoms. The van der Waals surface area contributed by atoms with E-state index in [0.29, 0.717) is 13.2 Å². The van der Waals surface area contributed by atoms with Crippen LogP contribution in [0.4, 0.5) is 0 Å². The molecule has 116 valence electrons. The normalized spacial score (nSPS) is 23.4. The average molecular weight is 311 g/mol. The number of rotatable bonds is 4. The molecule has 6 heteroatoms. The molecule has 0 amide bonds. The first-order chi connectivity index (χ1) is 9.94. The second kappa shape index (κ2) is 6.58. The van der Waals surface area contributed by atoms with Crippen LogP contribution in [0.2, 0.25) is 0 Å². The Kier molecular flexibility index (Phi) is 5.00. The third-order valence-electron chi connectivity index (χ3n) is 3.68. The topological polar surface area (TPSA) is 63.7 Å². The molecule has 0 radical (unpaired) electrons. The first kappa shape index (κ1) is 16.0. The van der Waals surface area contributed by atoms with E-state index in [1.807, 2.05) is 42.2 Å². The molecule has 1 aromatic carbocycles. The smallest absolute Gasteiger partial charge is 0.328 e. The first-order valence-corrected chi connectivity index (χ1v) is 8.94. The van der Waals surface area contributed by atoms with Crippen LogP contribution < -0.4 is 0 Å². The fraction of sp³-hybridized carbons (Fsp3) is 0.533. The van der Waals surface area contributed by atoms with Gasteiger partial charge in [-0.1, -0.05) is 30.3 Å². The Hall–Kier alpha value is -1.40. The molecule has 0 bridgehead atoms. The summed E-state index contributed by atoms with van der Waals surface area (Å²) in [5.74, 6) is -0.162. The van der Waals surface area contributed by atoms with Gasteiger partial charge < -0.3 is 4.74 Å². The van der Waals surface area contributed by atoms with E-state index < -0.39 is 15.9 Å². The molecule has 1 fully saturated rings. The highest BCUT2D eigenvalue weighted by Crippen LogP contribution is 2.27. The minimum absolute atomic E-state index is 0.0791. The van der Waals surface area contributed by atoms with Gasteiger partial charge in [-0.05, 0) is 19.4 Å². The van der Waals surface area contributed by atoms with E-state index in [4.69, 9.17) is 4.74 Å². The summed E-state index contributed by atoms with van der Waals surface area (Å²) in [4.78, 5) is 14.3. The van der Waals surface area contributed by atoms with Crippen molar-refractivity contribution < 1.29 is 17.9 Å². The lowest BCUT2D eigenvalue weighted by atomic mass is 10.0. The Morgan fingerprint density at radius 3 is 2.62 bits per heavy atom. The zero-order valence-corrected chi connectivity index (χ0v) is 13.2. The molecule has 1 aliphatic rings. The summed E-state index contributed by atoms with van der Waals surface area (Å²) in [5.41, 5.74) is 0.835. The highest BCUT2D eigenvalue weighted by Gasteiger charge is 2.37. The van der Waals surface area contributed by atoms with E-state index in [-0.39, 0.29) is 23.5 Å². The van der Waals surface area contributed by atoms with Crippen molar-refractivity contribution in [2.24, 2.45) is 0 Å². The molecule has 1 aromatic rings. The third-order valence-corrected chi connectivity index (χ3v) is 5.47. The number of carbonyl (C=O) groups excluding carboxylic acids is 1. The molecule has 1 aliphatic heterocycles. The minimum atomic E-state index is -3.01. The largest absolute Gasteiger partial charge is 0.465 e. The molecular formula is C15H21NO4S. The number of nitrogens with zero attached hydrogens (tertiary/aromatic N) is 1. The van der Waals surface area contributed by atoms with Gasteiger partial charge in [0.1, 0.15) is 6.04 Å². The molecular weight excluding hydrogens is 290 g/mol. The number of ether oxygens (including phenoxy) is 1. The number of carbonyl (C=O) groups is 1. The van der Waals surface area contributed by atoms with E-state index in [2.05, 4.69) is 0 Å². The van der Waals surface area contributed by atoms with E-state index in [0.717, 1.165) is 5.56 Å². The van der Waals surface area contributed by atoms with Crippen molar-refractivity contribution in [1.29, 1.82) is 0 Å². The summed E-state index contributed by atoms with van der Waals surface area (Å²) in [5, 5.41) is 0. The number of benzene rings is 1. The highest BCUT2D eigenvalue weighted by molar-refractivity contribution is 7.91. The fourth-order valence-electron chi connectivity index (χ4n) is 2.71. The molecule has 2 rings (SSSR count). The van der Waals surface area contributed by atoms with Crippen LogP contribution in [0.3, 0.4) is 0 Å². The van der Waals surface area contributed by atoms with Crippen molar-refractivity contribution in [2.75, 3.05) is 24.7 Å². The van der Waals surface area contributed by atoms with Crippen molar-refractivity contribution in [3.05, 3.63) is 35.9 Å². The van der Waals surface area contributed by atoms with Gasteiger partial charge in [0, 0.05) is 12.6 Å². The van der Waals surface area contributed by atoms with Crippen molar-refractivity contribution in [2.45, 2.75) is 25.9 Å². The average Bonchev–Trinajstić information content (AvgIpc) is 2.42. The maximum absolute atomic E-state index is 12.3. The lowest BCUT2D eigenvalue weighted by Gasteiger charge is -2.38. The molecule has 0 aliphatic carbocycles. The zero-order valence-electron chi connectivity index (χ0n) is 12.4. The lowest BCUT2D eigenvalue weighted by Crippen LogP contribution is -2.50. The van der Waals surface area contributed by atoms with Crippen molar-refractivity contribution in [3.63, 3.8) is 0 Å². The van der Waals surface area contributed by atoms with Gasteiger partial charge in [0.25, 0.3) is 0 Å². The molecule has 1 heterocycles. The zero-order chi connectivity index (χ0) is 15.5. The van der Waals surface area contributed by atoms with Crippen LogP contribution in [-0.2, 0) is 19.4 Å². The van der Waals surface area contributed by atoms with Crippen LogP contribution in [0, 0.1) is 0 Å². The van der Waals surface area contributed by atoms with E-state index in [9.17, 15) is 13.2 Å². The maximum atomic E-state index is 12.3. The van der Waals surface area contributed by atoms with Gasteiger partial charge in [-0.15, -0.1) is 0 Å². The van der Waals surface area contributed by atoms with E-state index in [1.165, 1.54) is 0 Å². The molecule has 0 saturated carbocycles. The fourth-order valence-corrected chi connectivity index (χ4v) is 4.30. The Bertz CT molecular complexity index is 585. The van der Waals surface area contributed by atoms with E-state index >= 15 is 0 Å². The van der Waals surface area contributed by atoms with Gasteiger partial charge in [0.15, 0.2) is 9.84 Å². The Balaban J connectivity index is 2.30. The van der Waals surface area contributed by atoms with Crippen molar-refractivity contribution in [3.8, 4) is 0 Å². The van der Waals surface area contributed by atoms with Crippen LogP contribution >= 0.6 is 0 Å². The van der Waals surface area contributed by atoms with Crippen LogP contribution in [0.15, 0.2) is 30.3 Å². The summed E-state index contributed by atoms with van der Waals surface area (Å²) in [7, 11) is -3.01. The lowest BCUT2D eigenvalue weighted by molar-refractivity contribution is -0.150. The number of hydrogen-bond donors (Lipinski definition) is 0. The minimum Gasteiger partial charge on any atom is -0.465 e. The summed E-state index contributed by atoms with van der Waals surface area (Å²) in [6, 6.07) is 8.61. The monoisotopic (exact) mass is 311 g/mol. The van der Waals surface area contributed by atoms with Gasteiger partial charge in [0.2, 0.25) is 0 Å². The molecule has 0 N–H and O–H groups in total. The van der Waals surface area contributed by atoms with Gasteiger partial charge in [-0.25, -0.2) is 13.2 Å². The van der Waals surface area contributed by atoms with Crippen molar-refractivity contribution in [1.82, 2.24) is 4.90 Å². The molecule has 0 spiro atoms. The van der Waals surface area contributed by atoms with Crippen LogP contribution in [-0.4, -0.2) is 50.0 Å². The highest BCUT2D eigenvalue weighted by atomic mass is 32.2.